The quantitative estimate of drug-likeness (QED) is 0.807. The van der Waals surface area contributed by atoms with Gasteiger partial charge in [0, 0.05) is 18.8 Å². The Bertz CT molecular complexity index is 464. The fraction of sp³-hybridized carbons (Fsp3) is 0.538. The molecule has 2 heterocycles. The van der Waals surface area contributed by atoms with Crippen molar-refractivity contribution in [1.29, 1.82) is 0 Å². The fourth-order valence-corrected chi connectivity index (χ4v) is 2.67. The van der Waals surface area contributed by atoms with E-state index in [1.807, 2.05) is 19.9 Å². The highest BCUT2D eigenvalue weighted by atomic mass is 79.9. The van der Waals surface area contributed by atoms with Crippen LogP contribution in [0, 0.1) is 12.8 Å². The van der Waals surface area contributed by atoms with Gasteiger partial charge in [0.1, 0.15) is 4.60 Å². The number of nitrogens with zero attached hydrogens (tertiary/aromatic N) is 2. The number of hydrogen-bond donors (Lipinski definition) is 1. The van der Waals surface area contributed by atoms with E-state index in [0.29, 0.717) is 23.3 Å². The highest BCUT2D eigenvalue weighted by Gasteiger charge is 2.28. The van der Waals surface area contributed by atoms with E-state index in [2.05, 4.69) is 20.9 Å². The Hall–Kier alpha value is -0.940. The second-order valence-electron chi connectivity index (χ2n) is 4.88. The smallest absolute Gasteiger partial charge is 0.256 e. The molecular weight excluding hydrogens is 296 g/mol. The highest BCUT2D eigenvalue weighted by Crippen LogP contribution is 2.22. The van der Waals surface area contributed by atoms with Gasteiger partial charge in [0.15, 0.2) is 0 Å². The first-order valence-corrected chi connectivity index (χ1v) is 6.89. The van der Waals surface area contributed by atoms with Crippen LogP contribution < -0.4 is 0 Å². The van der Waals surface area contributed by atoms with Gasteiger partial charge in [-0.3, -0.25) is 4.79 Å². The van der Waals surface area contributed by atoms with E-state index in [1.54, 1.807) is 11.0 Å². The third-order valence-electron chi connectivity index (χ3n) is 3.42. The Morgan fingerprint density at radius 3 is 2.89 bits per heavy atom. The number of likely N-dealkylation sites (tertiary alicyclic amines) is 1. The number of β-amino-alcohol motifs (C(OH)–C–C–N with tert-alkyl or cyclic N) is 1. The maximum atomic E-state index is 12.3. The number of amides is 1. The molecule has 5 heteroatoms. The minimum absolute atomic E-state index is 0.0691. The summed E-state index contributed by atoms with van der Waals surface area (Å²) in [7, 11) is 0. The van der Waals surface area contributed by atoms with Crippen molar-refractivity contribution in [2.24, 2.45) is 5.92 Å². The zero-order valence-electron chi connectivity index (χ0n) is 10.6. The van der Waals surface area contributed by atoms with E-state index in [0.717, 1.165) is 12.1 Å². The Morgan fingerprint density at radius 1 is 1.56 bits per heavy atom. The molecule has 1 aliphatic heterocycles. The lowest BCUT2D eigenvalue weighted by Crippen LogP contribution is -2.45. The SMILES string of the molecule is Cc1ccc(C(=O)N2CCC(C)C(O)C2)c(Br)n1. The standard InChI is InChI=1S/C13H17BrN2O2/c1-8-5-6-16(7-11(8)17)13(18)10-4-3-9(2)15-12(10)14/h3-4,8,11,17H,5-7H2,1-2H3. The molecule has 1 saturated heterocycles. The van der Waals surface area contributed by atoms with Crippen LogP contribution in [0.15, 0.2) is 16.7 Å². The van der Waals surface area contributed by atoms with Crippen LogP contribution in [-0.4, -0.2) is 40.1 Å². The van der Waals surface area contributed by atoms with Crippen molar-refractivity contribution in [3.63, 3.8) is 0 Å². The summed E-state index contributed by atoms with van der Waals surface area (Å²) in [6.45, 7) is 4.98. The van der Waals surface area contributed by atoms with Gasteiger partial charge in [-0.1, -0.05) is 6.92 Å². The second-order valence-corrected chi connectivity index (χ2v) is 5.63. The summed E-state index contributed by atoms with van der Waals surface area (Å²) >= 11 is 3.32. The van der Waals surface area contributed by atoms with Gasteiger partial charge in [0.05, 0.1) is 11.7 Å². The third-order valence-corrected chi connectivity index (χ3v) is 4.03. The predicted molar refractivity (Wildman–Crippen MR) is 72.4 cm³/mol. The number of carbonyl (C=O) groups is 1. The van der Waals surface area contributed by atoms with Gasteiger partial charge in [0.2, 0.25) is 0 Å². The van der Waals surface area contributed by atoms with Gasteiger partial charge in [0.25, 0.3) is 5.91 Å². The fourth-order valence-electron chi connectivity index (χ4n) is 2.09. The number of carbonyl (C=O) groups excluding carboxylic acids is 1. The van der Waals surface area contributed by atoms with Gasteiger partial charge in [-0.05, 0) is 47.3 Å². The third kappa shape index (κ3) is 2.72. The number of pyridine rings is 1. The zero-order valence-corrected chi connectivity index (χ0v) is 12.1. The van der Waals surface area contributed by atoms with Crippen molar-refractivity contribution in [2.75, 3.05) is 13.1 Å². The molecule has 1 aromatic heterocycles. The first kappa shape index (κ1) is 13.5. The van der Waals surface area contributed by atoms with Crippen molar-refractivity contribution in [3.05, 3.63) is 28.0 Å². The number of aromatic nitrogens is 1. The predicted octanol–water partition coefficient (Wildman–Crippen LogP) is 2.00. The van der Waals surface area contributed by atoms with Crippen molar-refractivity contribution >= 4 is 21.8 Å². The minimum Gasteiger partial charge on any atom is -0.391 e. The number of piperidine rings is 1. The summed E-state index contributed by atoms with van der Waals surface area (Å²) in [5.74, 6) is 0.189. The molecule has 0 radical (unpaired) electrons. The van der Waals surface area contributed by atoms with Crippen LogP contribution in [0.5, 0.6) is 0 Å². The molecule has 2 unspecified atom stereocenters. The topological polar surface area (TPSA) is 53.4 Å². The highest BCUT2D eigenvalue weighted by molar-refractivity contribution is 9.10. The lowest BCUT2D eigenvalue weighted by atomic mass is 9.95. The Kier molecular flexibility index (Phi) is 4.02. The summed E-state index contributed by atoms with van der Waals surface area (Å²) in [5.41, 5.74) is 1.42. The molecule has 0 aliphatic carbocycles. The van der Waals surface area contributed by atoms with Crippen LogP contribution in [0.3, 0.4) is 0 Å². The van der Waals surface area contributed by atoms with Crippen molar-refractivity contribution in [3.8, 4) is 0 Å². The lowest BCUT2D eigenvalue weighted by Gasteiger charge is -2.34. The molecule has 2 atom stereocenters. The molecule has 4 nitrogen and oxygen atoms in total. The maximum absolute atomic E-state index is 12.3. The average Bonchev–Trinajstić information content (AvgIpc) is 2.32. The van der Waals surface area contributed by atoms with Crippen LogP contribution >= 0.6 is 15.9 Å². The summed E-state index contributed by atoms with van der Waals surface area (Å²) < 4.78 is 0.570. The number of hydrogen-bond acceptors (Lipinski definition) is 3. The Labute approximate surface area is 115 Å². The number of halogens is 1. The molecule has 0 bridgehead atoms. The molecule has 0 saturated carbocycles. The summed E-state index contributed by atoms with van der Waals surface area (Å²) in [6.07, 6.45) is 0.406. The molecule has 1 amide bonds. The van der Waals surface area contributed by atoms with E-state index in [9.17, 15) is 9.90 Å². The molecule has 2 rings (SSSR count). The van der Waals surface area contributed by atoms with E-state index in [1.165, 1.54) is 0 Å². The maximum Gasteiger partial charge on any atom is 0.256 e. The summed E-state index contributed by atoms with van der Waals surface area (Å²) in [4.78, 5) is 18.3. The van der Waals surface area contributed by atoms with Crippen LogP contribution in [-0.2, 0) is 0 Å². The lowest BCUT2D eigenvalue weighted by molar-refractivity contribution is 0.0248. The zero-order chi connectivity index (χ0) is 13.3. The average molecular weight is 313 g/mol. The van der Waals surface area contributed by atoms with Gasteiger partial charge >= 0.3 is 0 Å². The van der Waals surface area contributed by atoms with E-state index in [-0.39, 0.29) is 11.8 Å². The monoisotopic (exact) mass is 312 g/mol. The van der Waals surface area contributed by atoms with Crippen LogP contribution in [0.25, 0.3) is 0 Å². The van der Waals surface area contributed by atoms with Crippen molar-refractivity contribution < 1.29 is 9.90 Å². The second kappa shape index (κ2) is 5.36. The van der Waals surface area contributed by atoms with Gasteiger partial charge in [-0.2, -0.15) is 0 Å². The molecule has 1 fully saturated rings. The first-order chi connectivity index (χ1) is 8.49. The van der Waals surface area contributed by atoms with Gasteiger partial charge in [-0.25, -0.2) is 4.98 Å². The van der Waals surface area contributed by atoms with Crippen LogP contribution in [0.2, 0.25) is 0 Å². The van der Waals surface area contributed by atoms with E-state index >= 15 is 0 Å². The minimum atomic E-state index is -0.431. The molecule has 0 spiro atoms. The van der Waals surface area contributed by atoms with Crippen LogP contribution in [0.1, 0.15) is 29.4 Å². The largest absolute Gasteiger partial charge is 0.391 e. The van der Waals surface area contributed by atoms with Crippen molar-refractivity contribution in [2.45, 2.75) is 26.4 Å². The molecule has 1 N–H and O–H groups in total. The van der Waals surface area contributed by atoms with E-state index in [4.69, 9.17) is 0 Å². The molecule has 0 aromatic carbocycles. The van der Waals surface area contributed by atoms with Gasteiger partial charge < -0.3 is 10.0 Å². The van der Waals surface area contributed by atoms with Gasteiger partial charge in [-0.15, -0.1) is 0 Å². The van der Waals surface area contributed by atoms with E-state index < -0.39 is 6.10 Å². The number of rotatable bonds is 1. The number of aliphatic hydroxyl groups excluding tert-OH is 1. The Balaban J connectivity index is 2.16. The first-order valence-electron chi connectivity index (χ1n) is 6.09. The number of aliphatic hydroxyl groups is 1. The molecule has 98 valence electrons. The molecule has 18 heavy (non-hydrogen) atoms. The Morgan fingerprint density at radius 2 is 2.28 bits per heavy atom. The summed E-state index contributed by atoms with van der Waals surface area (Å²) in [5, 5.41) is 9.84. The molecule has 1 aliphatic rings. The van der Waals surface area contributed by atoms with Crippen LogP contribution in [0.4, 0.5) is 0 Å². The normalized spacial score (nSPS) is 24.1. The summed E-state index contributed by atoms with van der Waals surface area (Å²) in [6, 6.07) is 3.60. The van der Waals surface area contributed by atoms with Crippen molar-refractivity contribution in [1.82, 2.24) is 9.88 Å². The molecular formula is C13H17BrN2O2. The molecule has 1 aromatic rings. The number of aryl methyl sites for hydroxylation is 1.